The lowest BCUT2D eigenvalue weighted by Crippen LogP contribution is -2.18. The van der Waals surface area contributed by atoms with E-state index in [2.05, 4.69) is 42.6 Å². The fourth-order valence-corrected chi connectivity index (χ4v) is 2.99. The molecule has 1 N–H and O–H groups in total. The molecule has 17 heavy (non-hydrogen) atoms. The number of hydrogen-bond acceptors (Lipinski definition) is 1. The molecule has 1 aliphatic carbocycles. The second-order valence-electron chi connectivity index (χ2n) is 5.37. The lowest BCUT2D eigenvalue weighted by Gasteiger charge is -2.18. The Morgan fingerprint density at radius 2 is 1.88 bits per heavy atom. The van der Waals surface area contributed by atoms with Gasteiger partial charge in [-0.15, -0.1) is 0 Å². The third-order valence-corrected chi connectivity index (χ3v) is 3.93. The van der Waals surface area contributed by atoms with Gasteiger partial charge in [0.25, 0.3) is 0 Å². The zero-order valence-electron chi connectivity index (χ0n) is 11.0. The Bertz CT molecular complexity index is 307. The zero-order chi connectivity index (χ0) is 11.9. The third-order valence-electron chi connectivity index (χ3n) is 3.93. The fourth-order valence-electron chi connectivity index (χ4n) is 2.99. The lowest BCUT2D eigenvalue weighted by atomic mass is 9.95. The molecule has 1 nitrogen and oxygen atoms in total. The van der Waals surface area contributed by atoms with E-state index in [4.69, 9.17) is 0 Å². The minimum Gasteiger partial charge on any atom is -0.382 e. The quantitative estimate of drug-likeness (QED) is 0.731. The molecule has 1 saturated carbocycles. The molecule has 0 radical (unpaired) electrons. The van der Waals surface area contributed by atoms with Gasteiger partial charge in [-0.2, -0.15) is 0 Å². The summed E-state index contributed by atoms with van der Waals surface area (Å²) in [6, 6.07) is 11.3. The molecule has 2 unspecified atom stereocenters. The van der Waals surface area contributed by atoms with Crippen molar-refractivity contribution in [1.82, 2.24) is 0 Å². The molecule has 0 bridgehead atoms. The molecular formula is C16H25N. The van der Waals surface area contributed by atoms with E-state index in [0.29, 0.717) is 6.04 Å². The van der Waals surface area contributed by atoms with Crippen molar-refractivity contribution in [2.24, 2.45) is 5.92 Å². The van der Waals surface area contributed by atoms with Gasteiger partial charge in [0.2, 0.25) is 0 Å². The van der Waals surface area contributed by atoms with Crippen LogP contribution in [0.2, 0.25) is 0 Å². The van der Waals surface area contributed by atoms with Crippen molar-refractivity contribution < 1.29 is 0 Å². The average molecular weight is 231 g/mol. The van der Waals surface area contributed by atoms with Crippen LogP contribution in [0.3, 0.4) is 0 Å². The highest BCUT2D eigenvalue weighted by Gasteiger charge is 2.17. The molecule has 0 saturated heterocycles. The SMILES string of the molecule is CCCC1CCCC(Nc2ccccc2)CC1. The molecule has 1 aromatic carbocycles. The standard InChI is InChI=1S/C16H25N/c1-2-7-14-8-6-11-16(13-12-14)17-15-9-4-3-5-10-15/h3-5,9-10,14,16-17H,2,6-8,11-13H2,1H3. The predicted octanol–water partition coefficient (Wildman–Crippen LogP) is 4.85. The summed E-state index contributed by atoms with van der Waals surface area (Å²) in [6.45, 7) is 2.31. The van der Waals surface area contributed by atoms with E-state index < -0.39 is 0 Å². The van der Waals surface area contributed by atoms with Gasteiger partial charge >= 0.3 is 0 Å². The molecule has 94 valence electrons. The van der Waals surface area contributed by atoms with Gasteiger partial charge < -0.3 is 5.32 Å². The monoisotopic (exact) mass is 231 g/mol. The largest absolute Gasteiger partial charge is 0.382 e. The van der Waals surface area contributed by atoms with Crippen molar-refractivity contribution >= 4 is 5.69 Å². The smallest absolute Gasteiger partial charge is 0.0342 e. The highest BCUT2D eigenvalue weighted by molar-refractivity contribution is 5.43. The van der Waals surface area contributed by atoms with Crippen LogP contribution >= 0.6 is 0 Å². The number of anilines is 1. The summed E-state index contributed by atoms with van der Waals surface area (Å²) in [4.78, 5) is 0. The van der Waals surface area contributed by atoms with Gasteiger partial charge in [-0.05, 0) is 37.3 Å². The summed E-state index contributed by atoms with van der Waals surface area (Å²) in [5.41, 5.74) is 1.28. The minimum absolute atomic E-state index is 0.694. The minimum atomic E-state index is 0.694. The molecule has 0 spiro atoms. The van der Waals surface area contributed by atoms with E-state index in [1.54, 1.807) is 0 Å². The maximum Gasteiger partial charge on any atom is 0.0342 e. The van der Waals surface area contributed by atoms with Crippen LogP contribution in [-0.2, 0) is 0 Å². The molecule has 2 rings (SSSR count). The van der Waals surface area contributed by atoms with Crippen molar-refractivity contribution in [3.05, 3.63) is 30.3 Å². The Labute approximate surface area is 106 Å². The van der Waals surface area contributed by atoms with Crippen molar-refractivity contribution in [2.45, 2.75) is 57.9 Å². The molecule has 1 aliphatic rings. The highest BCUT2D eigenvalue weighted by Crippen LogP contribution is 2.28. The fraction of sp³-hybridized carbons (Fsp3) is 0.625. The molecule has 2 atom stereocenters. The molecule has 1 fully saturated rings. The van der Waals surface area contributed by atoms with Crippen LogP contribution in [0.1, 0.15) is 51.9 Å². The van der Waals surface area contributed by atoms with Gasteiger partial charge in [0.15, 0.2) is 0 Å². The van der Waals surface area contributed by atoms with Crippen LogP contribution in [0.15, 0.2) is 30.3 Å². The van der Waals surface area contributed by atoms with Crippen LogP contribution in [0.4, 0.5) is 5.69 Å². The van der Waals surface area contributed by atoms with E-state index in [0.717, 1.165) is 5.92 Å². The van der Waals surface area contributed by atoms with Gasteiger partial charge in [-0.3, -0.25) is 0 Å². The first-order valence-corrected chi connectivity index (χ1v) is 7.20. The second kappa shape index (κ2) is 6.68. The second-order valence-corrected chi connectivity index (χ2v) is 5.37. The van der Waals surface area contributed by atoms with Gasteiger partial charge in [0, 0.05) is 11.7 Å². The molecule has 0 amide bonds. The summed E-state index contributed by atoms with van der Waals surface area (Å²) in [5.74, 6) is 0.988. The lowest BCUT2D eigenvalue weighted by molar-refractivity contribution is 0.422. The summed E-state index contributed by atoms with van der Waals surface area (Å²) < 4.78 is 0. The normalized spacial score (nSPS) is 25.2. The summed E-state index contributed by atoms with van der Waals surface area (Å²) in [7, 11) is 0. The molecule has 0 heterocycles. The van der Waals surface area contributed by atoms with E-state index in [-0.39, 0.29) is 0 Å². The Kier molecular flexibility index (Phi) is 4.90. The summed E-state index contributed by atoms with van der Waals surface area (Å²) in [6.07, 6.45) is 9.72. The Balaban J connectivity index is 1.83. The van der Waals surface area contributed by atoms with Gasteiger partial charge in [-0.25, -0.2) is 0 Å². The van der Waals surface area contributed by atoms with Crippen LogP contribution < -0.4 is 5.32 Å². The number of benzene rings is 1. The zero-order valence-corrected chi connectivity index (χ0v) is 11.0. The van der Waals surface area contributed by atoms with Gasteiger partial charge in [0.05, 0.1) is 0 Å². The highest BCUT2D eigenvalue weighted by atomic mass is 14.9. The maximum absolute atomic E-state index is 3.68. The molecular weight excluding hydrogens is 206 g/mol. The number of para-hydroxylation sites is 1. The Morgan fingerprint density at radius 1 is 1.06 bits per heavy atom. The van der Waals surface area contributed by atoms with E-state index in [9.17, 15) is 0 Å². The van der Waals surface area contributed by atoms with Crippen molar-refractivity contribution in [1.29, 1.82) is 0 Å². The first kappa shape index (κ1) is 12.5. The van der Waals surface area contributed by atoms with Crippen molar-refractivity contribution in [2.75, 3.05) is 5.32 Å². The molecule has 0 aliphatic heterocycles. The van der Waals surface area contributed by atoms with Crippen molar-refractivity contribution in [3.8, 4) is 0 Å². The van der Waals surface area contributed by atoms with Crippen LogP contribution in [0.25, 0.3) is 0 Å². The topological polar surface area (TPSA) is 12.0 Å². The number of hydrogen-bond donors (Lipinski definition) is 1. The van der Waals surface area contributed by atoms with Crippen LogP contribution in [0.5, 0.6) is 0 Å². The summed E-state index contributed by atoms with van der Waals surface area (Å²) in [5, 5.41) is 3.68. The van der Waals surface area contributed by atoms with Crippen LogP contribution in [0, 0.1) is 5.92 Å². The van der Waals surface area contributed by atoms with Crippen LogP contribution in [-0.4, -0.2) is 6.04 Å². The number of rotatable bonds is 4. The Morgan fingerprint density at radius 3 is 2.65 bits per heavy atom. The first-order chi connectivity index (χ1) is 8.38. The van der Waals surface area contributed by atoms with Gasteiger partial charge in [-0.1, -0.05) is 50.8 Å². The van der Waals surface area contributed by atoms with Crippen molar-refractivity contribution in [3.63, 3.8) is 0 Å². The number of nitrogens with one attached hydrogen (secondary N) is 1. The van der Waals surface area contributed by atoms with E-state index in [1.165, 1.54) is 50.6 Å². The molecule has 1 heteroatoms. The van der Waals surface area contributed by atoms with E-state index in [1.807, 2.05) is 0 Å². The first-order valence-electron chi connectivity index (χ1n) is 7.20. The Hall–Kier alpha value is -0.980. The van der Waals surface area contributed by atoms with Gasteiger partial charge in [0.1, 0.15) is 0 Å². The average Bonchev–Trinajstić information content (AvgIpc) is 2.57. The predicted molar refractivity (Wildman–Crippen MR) is 75.3 cm³/mol. The van der Waals surface area contributed by atoms with E-state index >= 15 is 0 Å². The third kappa shape index (κ3) is 4.07. The maximum atomic E-state index is 3.68. The molecule has 0 aromatic heterocycles. The molecule has 1 aromatic rings. The summed E-state index contributed by atoms with van der Waals surface area (Å²) >= 11 is 0.